The summed E-state index contributed by atoms with van der Waals surface area (Å²) in [6.07, 6.45) is 10.1. The van der Waals surface area contributed by atoms with Crippen LogP contribution in [0.4, 0.5) is 8.78 Å². The number of benzene rings is 2. The smallest absolute Gasteiger partial charge is 0.174 e. The first-order valence-electron chi connectivity index (χ1n) is 8.86. The fourth-order valence-corrected chi connectivity index (χ4v) is 3.39. The van der Waals surface area contributed by atoms with E-state index >= 15 is 0 Å². The van der Waals surface area contributed by atoms with Crippen LogP contribution in [0.2, 0.25) is 0 Å². The van der Waals surface area contributed by atoms with Gasteiger partial charge in [0, 0.05) is 5.56 Å². The largest absolute Gasteiger partial charge is 0.204 e. The monoisotopic (exact) mass is 336 g/mol. The van der Waals surface area contributed by atoms with Gasteiger partial charge in [0.25, 0.3) is 0 Å². The van der Waals surface area contributed by atoms with E-state index in [2.05, 4.69) is 43.0 Å². The summed E-state index contributed by atoms with van der Waals surface area (Å²) >= 11 is 0. The molecule has 0 N–H and O–H groups in total. The molecular weight excluding hydrogens is 314 g/mol. The van der Waals surface area contributed by atoms with Gasteiger partial charge in [-0.3, -0.25) is 0 Å². The molecule has 1 aliphatic rings. The molecule has 2 heteroatoms. The molecule has 1 atom stereocenters. The van der Waals surface area contributed by atoms with Crippen molar-refractivity contribution in [3.63, 3.8) is 0 Å². The lowest BCUT2D eigenvalue weighted by Crippen LogP contribution is -2.14. The van der Waals surface area contributed by atoms with E-state index < -0.39 is 11.6 Å². The van der Waals surface area contributed by atoms with Crippen molar-refractivity contribution in [1.82, 2.24) is 0 Å². The Hall–Kier alpha value is -2.40. The summed E-state index contributed by atoms with van der Waals surface area (Å²) in [6, 6.07) is 10.3. The van der Waals surface area contributed by atoms with Gasteiger partial charge >= 0.3 is 0 Å². The first-order chi connectivity index (χ1) is 12.2. The third-order valence-electron chi connectivity index (χ3n) is 4.81. The Morgan fingerprint density at radius 1 is 1.12 bits per heavy atom. The summed E-state index contributed by atoms with van der Waals surface area (Å²) in [6.45, 7) is 2.06. The topological polar surface area (TPSA) is 0 Å². The van der Waals surface area contributed by atoms with Crippen molar-refractivity contribution < 1.29 is 8.78 Å². The normalized spacial score (nSPS) is 16.4. The van der Waals surface area contributed by atoms with Crippen molar-refractivity contribution in [2.75, 3.05) is 0 Å². The van der Waals surface area contributed by atoms with Gasteiger partial charge in [0.2, 0.25) is 0 Å². The SMILES string of the molecule is C/C=C/CCC1CCc2cc(C#Cc3cccc(F)c3F)ccc2C1. The minimum atomic E-state index is -0.878. The van der Waals surface area contributed by atoms with E-state index in [1.165, 1.54) is 36.1 Å². The molecule has 0 saturated carbocycles. The van der Waals surface area contributed by atoms with E-state index in [1.807, 2.05) is 6.07 Å². The minimum Gasteiger partial charge on any atom is -0.204 e. The van der Waals surface area contributed by atoms with Gasteiger partial charge in [0.1, 0.15) is 0 Å². The van der Waals surface area contributed by atoms with Crippen molar-refractivity contribution >= 4 is 0 Å². The van der Waals surface area contributed by atoms with E-state index in [0.717, 1.165) is 36.8 Å². The van der Waals surface area contributed by atoms with Crippen LogP contribution in [0.5, 0.6) is 0 Å². The van der Waals surface area contributed by atoms with Gasteiger partial charge in [0.05, 0.1) is 5.56 Å². The molecule has 0 amide bonds. The number of halogens is 2. The zero-order valence-corrected chi connectivity index (χ0v) is 14.5. The predicted octanol–water partition coefficient (Wildman–Crippen LogP) is 5.83. The van der Waals surface area contributed by atoms with Gasteiger partial charge in [-0.1, -0.05) is 36.1 Å². The predicted molar refractivity (Wildman–Crippen MR) is 98.3 cm³/mol. The van der Waals surface area contributed by atoms with E-state index in [9.17, 15) is 8.78 Å². The van der Waals surface area contributed by atoms with Gasteiger partial charge in [-0.05, 0) is 80.3 Å². The summed E-state index contributed by atoms with van der Waals surface area (Å²) in [5.41, 5.74) is 3.70. The maximum absolute atomic E-state index is 13.7. The number of allylic oxidation sites excluding steroid dienone is 2. The summed E-state index contributed by atoms with van der Waals surface area (Å²) in [5, 5.41) is 0. The van der Waals surface area contributed by atoms with Gasteiger partial charge in [-0.2, -0.15) is 0 Å². The molecule has 0 aromatic heterocycles. The lowest BCUT2D eigenvalue weighted by molar-refractivity contribution is 0.430. The molecule has 25 heavy (non-hydrogen) atoms. The Morgan fingerprint density at radius 3 is 2.84 bits per heavy atom. The highest BCUT2D eigenvalue weighted by atomic mass is 19.2. The molecule has 0 fully saturated rings. The molecule has 2 aromatic rings. The van der Waals surface area contributed by atoms with Crippen LogP contribution in [-0.4, -0.2) is 0 Å². The van der Waals surface area contributed by atoms with Gasteiger partial charge in [0.15, 0.2) is 11.6 Å². The molecule has 0 nitrogen and oxygen atoms in total. The standard InChI is InChI=1S/C23H22F2/c1-2-3-4-6-17-10-13-21-16-18(11-14-20(21)15-17)9-12-19-7-5-8-22(24)23(19)25/h2-3,5,7-8,11,14,16-17H,4,6,10,13,15H2,1H3/b3-2+. The Bertz CT molecular complexity index is 837. The van der Waals surface area contributed by atoms with Crippen LogP contribution in [0.25, 0.3) is 0 Å². The number of hydrogen-bond acceptors (Lipinski definition) is 0. The highest BCUT2D eigenvalue weighted by Gasteiger charge is 2.18. The molecule has 0 saturated heterocycles. The zero-order chi connectivity index (χ0) is 17.6. The first-order valence-corrected chi connectivity index (χ1v) is 8.86. The Morgan fingerprint density at radius 2 is 2.00 bits per heavy atom. The van der Waals surface area contributed by atoms with Crippen LogP contribution in [0.3, 0.4) is 0 Å². The van der Waals surface area contributed by atoms with Crippen molar-refractivity contribution in [1.29, 1.82) is 0 Å². The highest BCUT2D eigenvalue weighted by molar-refractivity contribution is 5.46. The Kier molecular flexibility index (Phi) is 5.66. The number of fused-ring (bicyclic) bond motifs is 1. The van der Waals surface area contributed by atoms with Crippen molar-refractivity contribution in [3.05, 3.63) is 82.4 Å². The molecule has 2 aromatic carbocycles. The van der Waals surface area contributed by atoms with Crippen LogP contribution in [0, 0.1) is 29.4 Å². The molecule has 1 aliphatic carbocycles. The van der Waals surface area contributed by atoms with Gasteiger partial charge < -0.3 is 0 Å². The average molecular weight is 336 g/mol. The Balaban J connectivity index is 1.73. The van der Waals surface area contributed by atoms with E-state index in [-0.39, 0.29) is 5.56 Å². The van der Waals surface area contributed by atoms with Crippen LogP contribution < -0.4 is 0 Å². The zero-order valence-electron chi connectivity index (χ0n) is 14.5. The van der Waals surface area contributed by atoms with E-state index in [1.54, 1.807) is 0 Å². The van der Waals surface area contributed by atoms with Crippen LogP contribution in [0.15, 0.2) is 48.6 Å². The first kappa shape index (κ1) is 17.4. The van der Waals surface area contributed by atoms with Crippen molar-refractivity contribution in [2.24, 2.45) is 5.92 Å². The minimum absolute atomic E-state index is 0.0989. The molecule has 128 valence electrons. The molecule has 3 rings (SSSR count). The third-order valence-corrected chi connectivity index (χ3v) is 4.81. The second-order valence-electron chi connectivity index (χ2n) is 6.59. The summed E-state index contributed by atoms with van der Waals surface area (Å²) < 4.78 is 26.9. The second kappa shape index (κ2) is 8.12. The third kappa shape index (κ3) is 4.37. The molecule has 0 aliphatic heterocycles. The maximum atomic E-state index is 13.7. The fraction of sp³-hybridized carbons (Fsp3) is 0.304. The second-order valence-corrected chi connectivity index (χ2v) is 6.59. The molecular formula is C23H22F2. The van der Waals surface area contributed by atoms with Gasteiger partial charge in [-0.15, -0.1) is 0 Å². The highest BCUT2D eigenvalue weighted by Crippen LogP contribution is 2.29. The quantitative estimate of drug-likeness (QED) is 0.489. The lowest BCUT2D eigenvalue weighted by atomic mass is 9.81. The number of aryl methyl sites for hydroxylation is 1. The lowest BCUT2D eigenvalue weighted by Gasteiger charge is -2.24. The molecule has 0 radical (unpaired) electrons. The molecule has 0 bridgehead atoms. The van der Waals surface area contributed by atoms with Crippen LogP contribution >= 0.6 is 0 Å². The summed E-state index contributed by atoms with van der Waals surface area (Å²) in [4.78, 5) is 0. The molecule has 0 spiro atoms. The summed E-state index contributed by atoms with van der Waals surface area (Å²) in [5.74, 6) is 4.73. The maximum Gasteiger partial charge on any atom is 0.174 e. The Labute approximate surface area is 148 Å². The fourth-order valence-electron chi connectivity index (χ4n) is 3.39. The van der Waals surface area contributed by atoms with Crippen molar-refractivity contribution in [3.8, 4) is 11.8 Å². The van der Waals surface area contributed by atoms with Crippen LogP contribution in [-0.2, 0) is 12.8 Å². The number of hydrogen-bond donors (Lipinski definition) is 0. The van der Waals surface area contributed by atoms with E-state index in [0.29, 0.717) is 0 Å². The van der Waals surface area contributed by atoms with Gasteiger partial charge in [-0.25, -0.2) is 8.78 Å². The molecule has 0 heterocycles. The molecule has 1 unspecified atom stereocenters. The van der Waals surface area contributed by atoms with Crippen LogP contribution in [0.1, 0.15) is 48.4 Å². The van der Waals surface area contributed by atoms with Crippen molar-refractivity contribution in [2.45, 2.75) is 39.0 Å². The van der Waals surface area contributed by atoms with E-state index in [4.69, 9.17) is 0 Å². The average Bonchev–Trinajstić information content (AvgIpc) is 2.63. The summed E-state index contributed by atoms with van der Waals surface area (Å²) in [7, 11) is 0. The number of rotatable bonds is 3.